The zero-order valence-corrected chi connectivity index (χ0v) is 6.19. The van der Waals surface area contributed by atoms with Crippen molar-refractivity contribution in [3.05, 3.63) is 18.1 Å². The summed E-state index contributed by atoms with van der Waals surface area (Å²) < 4.78 is 0. The van der Waals surface area contributed by atoms with Crippen LogP contribution in [0.2, 0.25) is 0 Å². The lowest BCUT2D eigenvalue weighted by Crippen LogP contribution is -2.28. The molecule has 2 heteroatoms. The molecule has 3 N–H and O–H groups in total. The molecule has 0 spiro atoms. The van der Waals surface area contributed by atoms with E-state index in [4.69, 9.17) is 5.73 Å². The fourth-order valence-corrected chi connectivity index (χ4v) is 1.34. The minimum Gasteiger partial charge on any atom is -0.379 e. The van der Waals surface area contributed by atoms with Crippen LogP contribution in [0.4, 0.5) is 0 Å². The second-order valence-electron chi connectivity index (χ2n) is 2.72. The van der Waals surface area contributed by atoms with Crippen molar-refractivity contribution in [2.24, 2.45) is 5.73 Å². The summed E-state index contributed by atoms with van der Waals surface area (Å²) in [5.74, 6) is 0.590. The van der Waals surface area contributed by atoms with Crippen molar-refractivity contribution in [1.29, 1.82) is 0 Å². The van der Waals surface area contributed by atoms with Gasteiger partial charge in [0, 0.05) is 6.04 Å². The molecule has 0 heterocycles. The largest absolute Gasteiger partial charge is 0.379 e. The second kappa shape index (κ2) is 3.33. The van der Waals surface area contributed by atoms with Gasteiger partial charge in [-0.1, -0.05) is 25.2 Å². The predicted molar refractivity (Wildman–Crippen MR) is 42.2 cm³/mol. The monoisotopic (exact) mass is 138 g/mol. The van der Waals surface area contributed by atoms with Gasteiger partial charge in [0.2, 0.25) is 0 Å². The average molecular weight is 138 g/mol. The van der Waals surface area contributed by atoms with E-state index in [0.29, 0.717) is 11.9 Å². The first kappa shape index (κ1) is 7.23. The summed E-state index contributed by atoms with van der Waals surface area (Å²) in [7, 11) is 0. The van der Waals surface area contributed by atoms with E-state index in [0.717, 1.165) is 0 Å². The lowest BCUT2D eigenvalue weighted by Gasteiger charge is -2.10. The molecule has 1 fully saturated rings. The molecular weight excluding hydrogens is 124 g/mol. The lowest BCUT2D eigenvalue weighted by molar-refractivity contribution is 0.581. The first-order chi connectivity index (χ1) is 4.83. The van der Waals surface area contributed by atoms with Crippen LogP contribution in [0.5, 0.6) is 0 Å². The van der Waals surface area contributed by atoms with Gasteiger partial charge in [-0.05, 0) is 12.8 Å². The summed E-state index contributed by atoms with van der Waals surface area (Å²) in [6.45, 7) is 3.45. The minimum atomic E-state index is 0.578. The van der Waals surface area contributed by atoms with Crippen molar-refractivity contribution in [2.75, 3.05) is 0 Å². The van der Waals surface area contributed by atoms with Crippen LogP contribution in [0.15, 0.2) is 18.1 Å². The molecule has 1 aliphatic rings. The van der Waals surface area contributed by atoms with Gasteiger partial charge in [-0.15, -0.1) is 0 Å². The molecule has 0 aromatic heterocycles. The highest BCUT2D eigenvalue weighted by Crippen LogP contribution is 2.17. The second-order valence-corrected chi connectivity index (χ2v) is 2.72. The van der Waals surface area contributed by atoms with E-state index in [1.165, 1.54) is 25.7 Å². The molecule has 1 saturated carbocycles. The first-order valence-corrected chi connectivity index (χ1v) is 3.75. The Labute approximate surface area is 61.8 Å². The van der Waals surface area contributed by atoms with Gasteiger partial charge in [-0.3, -0.25) is 0 Å². The molecule has 56 valence electrons. The fraction of sp³-hybridized carbons (Fsp3) is 0.625. The van der Waals surface area contributed by atoms with Crippen molar-refractivity contribution < 1.29 is 0 Å². The third-order valence-corrected chi connectivity index (χ3v) is 1.91. The molecule has 0 saturated heterocycles. The summed E-state index contributed by atoms with van der Waals surface area (Å²) in [4.78, 5) is 0. The number of nitrogens with one attached hydrogen (secondary N) is 1. The van der Waals surface area contributed by atoms with E-state index in [-0.39, 0.29) is 0 Å². The van der Waals surface area contributed by atoms with Gasteiger partial charge in [0.05, 0.1) is 0 Å². The molecule has 0 aromatic rings. The molecule has 1 rings (SSSR count). The molecule has 0 aromatic carbocycles. The Kier molecular flexibility index (Phi) is 2.41. The smallest absolute Gasteiger partial charge is 0.141 e. The highest BCUT2D eigenvalue weighted by molar-refractivity contribution is 4.93. The Morgan fingerprint density at radius 2 is 2.10 bits per heavy atom. The van der Waals surface area contributed by atoms with Crippen LogP contribution in [0.1, 0.15) is 25.7 Å². The maximum atomic E-state index is 5.48. The van der Waals surface area contributed by atoms with Crippen LogP contribution < -0.4 is 11.1 Å². The number of rotatable bonds is 2. The number of hydrogen-bond acceptors (Lipinski definition) is 2. The SMILES string of the molecule is C=C=C(N)NC1CCCC1. The Morgan fingerprint density at radius 3 is 2.60 bits per heavy atom. The van der Waals surface area contributed by atoms with Gasteiger partial charge in [-0.25, -0.2) is 0 Å². The summed E-state index contributed by atoms with van der Waals surface area (Å²) in [5, 5.41) is 3.15. The topological polar surface area (TPSA) is 38.0 Å². The minimum absolute atomic E-state index is 0.578. The van der Waals surface area contributed by atoms with Crippen molar-refractivity contribution in [2.45, 2.75) is 31.7 Å². The van der Waals surface area contributed by atoms with Gasteiger partial charge in [0.25, 0.3) is 0 Å². The third kappa shape index (κ3) is 1.82. The molecule has 0 unspecified atom stereocenters. The van der Waals surface area contributed by atoms with Crippen LogP contribution in [-0.4, -0.2) is 6.04 Å². The normalized spacial score (nSPS) is 18.4. The molecule has 2 nitrogen and oxygen atoms in total. The Morgan fingerprint density at radius 1 is 1.50 bits per heavy atom. The van der Waals surface area contributed by atoms with Gasteiger partial charge in [0.1, 0.15) is 5.82 Å². The lowest BCUT2D eigenvalue weighted by atomic mass is 10.2. The zero-order valence-electron chi connectivity index (χ0n) is 6.19. The molecule has 0 aliphatic heterocycles. The molecular formula is C8H14N2. The average Bonchev–Trinajstić information content (AvgIpc) is 2.40. The maximum absolute atomic E-state index is 5.48. The molecule has 0 atom stereocenters. The summed E-state index contributed by atoms with van der Waals surface area (Å²) in [6.07, 6.45) is 5.12. The molecule has 1 aliphatic carbocycles. The number of hydrogen-bond donors (Lipinski definition) is 2. The van der Waals surface area contributed by atoms with Crippen LogP contribution in [0.3, 0.4) is 0 Å². The highest BCUT2D eigenvalue weighted by atomic mass is 15.0. The molecule has 0 radical (unpaired) electrons. The van der Waals surface area contributed by atoms with Gasteiger partial charge in [-0.2, -0.15) is 0 Å². The van der Waals surface area contributed by atoms with E-state index in [2.05, 4.69) is 17.6 Å². The van der Waals surface area contributed by atoms with Crippen molar-refractivity contribution >= 4 is 0 Å². The van der Waals surface area contributed by atoms with Crippen molar-refractivity contribution in [3.8, 4) is 0 Å². The van der Waals surface area contributed by atoms with Crippen molar-refractivity contribution in [1.82, 2.24) is 5.32 Å². The molecule has 10 heavy (non-hydrogen) atoms. The van der Waals surface area contributed by atoms with E-state index >= 15 is 0 Å². The van der Waals surface area contributed by atoms with Crippen LogP contribution in [-0.2, 0) is 0 Å². The summed E-state index contributed by atoms with van der Waals surface area (Å²) in [5.41, 5.74) is 8.11. The maximum Gasteiger partial charge on any atom is 0.141 e. The van der Waals surface area contributed by atoms with Crippen molar-refractivity contribution in [3.63, 3.8) is 0 Å². The third-order valence-electron chi connectivity index (χ3n) is 1.91. The van der Waals surface area contributed by atoms with E-state index < -0.39 is 0 Å². The van der Waals surface area contributed by atoms with Gasteiger partial charge in [0.15, 0.2) is 0 Å². The van der Waals surface area contributed by atoms with Crippen LogP contribution in [0, 0.1) is 0 Å². The predicted octanol–water partition coefficient (Wildman–Crippen LogP) is 1.10. The Hall–Kier alpha value is -0.880. The van der Waals surface area contributed by atoms with E-state index in [9.17, 15) is 0 Å². The quantitative estimate of drug-likeness (QED) is 0.561. The van der Waals surface area contributed by atoms with Crippen LogP contribution in [0.25, 0.3) is 0 Å². The summed E-state index contributed by atoms with van der Waals surface area (Å²) >= 11 is 0. The highest BCUT2D eigenvalue weighted by Gasteiger charge is 2.13. The van der Waals surface area contributed by atoms with Gasteiger partial charge < -0.3 is 11.1 Å². The van der Waals surface area contributed by atoms with Crippen LogP contribution >= 0.6 is 0 Å². The van der Waals surface area contributed by atoms with Gasteiger partial charge >= 0.3 is 0 Å². The molecule has 0 bridgehead atoms. The molecule has 0 amide bonds. The Balaban J connectivity index is 2.30. The summed E-state index contributed by atoms with van der Waals surface area (Å²) in [6, 6.07) is 0.578. The van der Waals surface area contributed by atoms with E-state index in [1.807, 2.05) is 0 Å². The zero-order chi connectivity index (χ0) is 7.40. The standard InChI is InChI=1S/C8H14N2/c1-2-8(9)10-7-5-3-4-6-7/h7,10H,1,3-6,9H2. The number of nitrogens with two attached hydrogens (primary N) is 1. The van der Waals surface area contributed by atoms with E-state index in [1.54, 1.807) is 0 Å². The first-order valence-electron chi connectivity index (χ1n) is 3.75. The fourth-order valence-electron chi connectivity index (χ4n) is 1.34. The Bertz CT molecular complexity index is 151.